The standard InChI is InChI=1S/C18H13ClO4/c1-10-13(9-15(20)21)8-12-6-7-23-18(12)16(10)17(22)11-2-4-14(19)5-3-11/h2-8H,9H2,1H3,(H,20,21). The molecule has 0 spiro atoms. The number of aliphatic carboxylic acids is 1. The third-order valence-electron chi connectivity index (χ3n) is 3.78. The Morgan fingerprint density at radius 2 is 1.87 bits per heavy atom. The molecule has 23 heavy (non-hydrogen) atoms. The number of benzene rings is 2. The van der Waals surface area contributed by atoms with Crippen LogP contribution in [0.3, 0.4) is 0 Å². The summed E-state index contributed by atoms with van der Waals surface area (Å²) in [5.74, 6) is -1.16. The molecule has 0 aliphatic heterocycles. The van der Waals surface area contributed by atoms with Gasteiger partial charge in [-0.3, -0.25) is 9.59 Å². The summed E-state index contributed by atoms with van der Waals surface area (Å²) in [4.78, 5) is 23.9. The number of furan rings is 1. The van der Waals surface area contributed by atoms with Crippen molar-refractivity contribution in [2.24, 2.45) is 0 Å². The van der Waals surface area contributed by atoms with Gasteiger partial charge in [0.25, 0.3) is 0 Å². The first-order chi connectivity index (χ1) is 11.0. The number of carbonyl (C=O) groups excluding carboxylic acids is 1. The minimum Gasteiger partial charge on any atom is -0.481 e. The lowest BCUT2D eigenvalue weighted by atomic mass is 9.92. The molecule has 5 heteroatoms. The molecule has 0 saturated carbocycles. The number of carbonyl (C=O) groups is 2. The van der Waals surface area contributed by atoms with Gasteiger partial charge in [-0.15, -0.1) is 0 Å². The van der Waals surface area contributed by atoms with Gasteiger partial charge in [0.15, 0.2) is 5.78 Å². The Bertz CT molecular complexity index is 907. The zero-order valence-electron chi connectivity index (χ0n) is 12.3. The molecule has 116 valence electrons. The van der Waals surface area contributed by atoms with Gasteiger partial charge in [-0.05, 0) is 54.4 Å². The molecule has 0 aliphatic rings. The van der Waals surface area contributed by atoms with Gasteiger partial charge >= 0.3 is 5.97 Å². The van der Waals surface area contributed by atoms with E-state index in [1.165, 1.54) is 6.26 Å². The fourth-order valence-electron chi connectivity index (χ4n) is 2.63. The maximum absolute atomic E-state index is 12.9. The summed E-state index contributed by atoms with van der Waals surface area (Å²) >= 11 is 5.86. The van der Waals surface area contributed by atoms with E-state index in [1.807, 2.05) is 0 Å². The van der Waals surface area contributed by atoms with Crippen LogP contribution in [0.4, 0.5) is 0 Å². The summed E-state index contributed by atoms with van der Waals surface area (Å²) in [5, 5.41) is 10.3. The summed E-state index contributed by atoms with van der Waals surface area (Å²) in [6, 6.07) is 10.0. The van der Waals surface area contributed by atoms with Crippen molar-refractivity contribution in [2.45, 2.75) is 13.3 Å². The summed E-state index contributed by atoms with van der Waals surface area (Å²) in [6.45, 7) is 1.74. The minimum absolute atomic E-state index is 0.145. The second-order valence-corrected chi connectivity index (χ2v) is 5.72. The first-order valence-corrected chi connectivity index (χ1v) is 7.37. The van der Waals surface area contributed by atoms with E-state index in [0.29, 0.717) is 38.2 Å². The van der Waals surface area contributed by atoms with Gasteiger partial charge in [0.05, 0.1) is 18.2 Å². The lowest BCUT2D eigenvalue weighted by molar-refractivity contribution is -0.136. The fourth-order valence-corrected chi connectivity index (χ4v) is 2.75. The molecular weight excluding hydrogens is 316 g/mol. The Morgan fingerprint density at radius 1 is 1.17 bits per heavy atom. The highest BCUT2D eigenvalue weighted by Crippen LogP contribution is 2.29. The van der Waals surface area contributed by atoms with Gasteiger partial charge in [-0.25, -0.2) is 0 Å². The van der Waals surface area contributed by atoms with Gasteiger partial charge < -0.3 is 9.52 Å². The lowest BCUT2D eigenvalue weighted by Gasteiger charge is -2.11. The molecule has 1 N–H and O–H groups in total. The topological polar surface area (TPSA) is 67.5 Å². The number of hydrogen-bond donors (Lipinski definition) is 1. The van der Waals surface area contributed by atoms with Crippen molar-refractivity contribution < 1.29 is 19.1 Å². The molecular formula is C18H13ClO4. The number of carboxylic acid groups (broad SMARTS) is 1. The van der Waals surface area contributed by atoms with Crippen LogP contribution in [0.1, 0.15) is 27.0 Å². The molecule has 3 rings (SSSR count). The van der Waals surface area contributed by atoms with Gasteiger partial charge in [0, 0.05) is 16.0 Å². The van der Waals surface area contributed by atoms with Crippen molar-refractivity contribution in [1.29, 1.82) is 0 Å². The molecule has 0 bridgehead atoms. The van der Waals surface area contributed by atoms with Crippen molar-refractivity contribution in [3.8, 4) is 0 Å². The normalized spacial score (nSPS) is 10.9. The van der Waals surface area contributed by atoms with Crippen LogP contribution in [0.5, 0.6) is 0 Å². The minimum atomic E-state index is -0.944. The number of ketones is 1. The summed E-state index contributed by atoms with van der Waals surface area (Å²) < 4.78 is 5.46. The van der Waals surface area contributed by atoms with Crippen LogP contribution in [0, 0.1) is 6.92 Å². The van der Waals surface area contributed by atoms with Crippen LogP contribution in [-0.2, 0) is 11.2 Å². The molecule has 0 aliphatic carbocycles. The number of fused-ring (bicyclic) bond motifs is 1. The Labute approximate surface area is 137 Å². The largest absolute Gasteiger partial charge is 0.481 e. The van der Waals surface area contributed by atoms with E-state index in [4.69, 9.17) is 21.1 Å². The first kappa shape index (κ1) is 15.3. The Balaban J connectivity index is 2.20. The van der Waals surface area contributed by atoms with Crippen LogP contribution in [0.2, 0.25) is 5.02 Å². The maximum Gasteiger partial charge on any atom is 0.307 e. The van der Waals surface area contributed by atoms with Crippen LogP contribution >= 0.6 is 11.6 Å². The van der Waals surface area contributed by atoms with Gasteiger partial charge in [-0.2, -0.15) is 0 Å². The van der Waals surface area contributed by atoms with Crippen LogP contribution in [-0.4, -0.2) is 16.9 Å². The van der Waals surface area contributed by atoms with E-state index in [-0.39, 0.29) is 12.2 Å². The van der Waals surface area contributed by atoms with Crippen molar-refractivity contribution in [2.75, 3.05) is 0 Å². The van der Waals surface area contributed by atoms with Crippen LogP contribution in [0.25, 0.3) is 11.0 Å². The lowest BCUT2D eigenvalue weighted by Crippen LogP contribution is -2.09. The molecule has 0 radical (unpaired) electrons. The molecule has 0 saturated heterocycles. The molecule has 2 aromatic carbocycles. The first-order valence-electron chi connectivity index (χ1n) is 6.99. The average molecular weight is 329 g/mol. The molecule has 3 aromatic rings. The van der Waals surface area contributed by atoms with E-state index in [1.54, 1.807) is 43.3 Å². The van der Waals surface area contributed by atoms with E-state index in [2.05, 4.69) is 0 Å². The number of rotatable bonds is 4. The molecule has 0 amide bonds. The average Bonchev–Trinajstić information content (AvgIpc) is 2.95. The Kier molecular flexibility index (Phi) is 3.92. The predicted molar refractivity (Wildman–Crippen MR) is 87.2 cm³/mol. The molecule has 0 fully saturated rings. The third-order valence-corrected chi connectivity index (χ3v) is 4.04. The Hall–Kier alpha value is -2.59. The monoisotopic (exact) mass is 328 g/mol. The fraction of sp³-hybridized carbons (Fsp3) is 0.111. The number of hydrogen-bond acceptors (Lipinski definition) is 3. The zero-order chi connectivity index (χ0) is 16.6. The maximum atomic E-state index is 12.9. The van der Waals surface area contributed by atoms with Gasteiger partial charge in [0.2, 0.25) is 0 Å². The van der Waals surface area contributed by atoms with Crippen molar-refractivity contribution in [3.63, 3.8) is 0 Å². The Morgan fingerprint density at radius 3 is 2.52 bits per heavy atom. The number of carboxylic acids is 1. The summed E-state index contributed by atoms with van der Waals surface area (Å²) in [6.07, 6.45) is 1.35. The van der Waals surface area contributed by atoms with Gasteiger partial charge in [-0.1, -0.05) is 11.6 Å². The summed E-state index contributed by atoms with van der Waals surface area (Å²) in [7, 11) is 0. The quantitative estimate of drug-likeness (QED) is 0.727. The molecule has 1 aromatic heterocycles. The second kappa shape index (κ2) is 5.89. The predicted octanol–water partition coefficient (Wildman–Crippen LogP) is 4.25. The SMILES string of the molecule is Cc1c(CC(=O)O)cc2ccoc2c1C(=O)c1ccc(Cl)cc1. The third kappa shape index (κ3) is 2.85. The number of halogens is 1. The highest BCUT2D eigenvalue weighted by atomic mass is 35.5. The van der Waals surface area contributed by atoms with E-state index in [0.717, 1.165) is 0 Å². The van der Waals surface area contributed by atoms with Crippen molar-refractivity contribution in [1.82, 2.24) is 0 Å². The molecule has 1 heterocycles. The van der Waals surface area contributed by atoms with Crippen molar-refractivity contribution in [3.05, 3.63) is 69.9 Å². The van der Waals surface area contributed by atoms with Crippen LogP contribution < -0.4 is 0 Å². The molecule has 0 atom stereocenters. The highest BCUT2D eigenvalue weighted by Gasteiger charge is 2.21. The van der Waals surface area contributed by atoms with E-state index >= 15 is 0 Å². The second-order valence-electron chi connectivity index (χ2n) is 5.28. The molecule has 0 unspecified atom stereocenters. The zero-order valence-corrected chi connectivity index (χ0v) is 13.1. The van der Waals surface area contributed by atoms with E-state index < -0.39 is 5.97 Å². The van der Waals surface area contributed by atoms with Crippen LogP contribution in [0.15, 0.2) is 47.1 Å². The molecule has 4 nitrogen and oxygen atoms in total. The van der Waals surface area contributed by atoms with Crippen molar-refractivity contribution >= 4 is 34.3 Å². The van der Waals surface area contributed by atoms with Gasteiger partial charge in [0.1, 0.15) is 5.58 Å². The summed E-state index contributed by atoms with van der Waals surface area (Å²) in [5.41, 5.74) is 2.56. The smallest absolute Gasteiger partial charge is 0.307 e. The highest BCUT2D eigenvalue weighted by molar-refractivity contribution is 6.30. The van der Waals surface area contributed by atoms with E-state index in [9.17, 15) is 9.59 Å².